The number of aromatic amines is 1. The molecule has 3 aromatic carbocycles. The van der Waals surface area contributed by atoms with E-state index in [9.17, 15) is 9.18 Å². The third-order valence-electron chi connectivity index (χ3n) is 5.06. The Labute approximate surface area is 185 Å². The minimum atomic E-state index is -0.354. The van der Waals surface area contributed by atoms with E-state index in [0.717, 1.165) is 22.8 Å². The van der Waals surface area contributed by atoms with Gasteiger partial charge < -0.3 is 10.1 Å². The molecule has 0 atom stereocenters. The maximum absolute atomic E-state index is 13.2. The number of hydrogen-bond donors (Lipinski definition) is 2. The van der Waals surface area contributed by atoms with Crippen LogP contribution in [0.4, 0.5) is 21.5 Å². The molecule has 0 unspecified atom stereocenters. The van der Waals surface area contributed by atoms with Crippen molar-refractivity contribution in [3.05, 3.63) is 100 Å². The number of benzene rings is 3. The number of ether oxygens (including phenoxy) is 1. The lowest BCUT2D eigenvalue weighted by atomic mass is 10.1. The van der Waals surface area contributed by atoms with E-state index in [1.54, 1.807) is 26.2 Å². The molecule has 162 valence electrons. The van der Waals surface area contributed by atoms with E-state index in [4.69, 9.17) is 4.74 Å². The molecule has 7 heteroatoms. The number of aromatic nitrogens is 2. The summed E-state index contributed by atoms with van der Waals surface area (Å²) in [5, 5.41) is 6.36. The number of rotatable bonds is 6. The summed E-state index contributed by atoms with van der Waals surface area (Å²) in [5.41, 5.74) is 4.72. The van der Waals surface area contributed by atoms with E-state index in [-0.39, 0.29) is 11.4 Å². The van der Waals surface area contributed by atoms with Gasteiger partial charge in [0, 0.05) is 17.1 Å². The van der Waals surface area contributed by atoms with Crippen molar-refractivity contribution in [2.75, 3.05) is 12.4 Å². The summed E-state index contributed by atoms with van der Waals surface area (Å²) in [7, 11) is 1.64. The lowest BCUT2D eigenvalue weighted by Crippen LogP contribution is -2.19. The molecule has 0 radical (unpaired) electrons. The van der Waals surface area contributed by atoms with E-state index in [0.29, 0.717) is 22.7 Å². The molecule has 2 N–H and O–H groups in total. The summed E-state index contributed by atoms with van der Waals surface area (Å²) in [6.07, 6.45) is 0. The highest BCUT2D eigenvalue weighted by molar-refractivity contribution is 6.01. The van der Waals surface area contributed by atoms with E-state index in [2.05, 4.69) is 15.4 Å². The summed E-state index contributed by atoms with van der Waals surface area (Å²) < 4.78 is 19.8. The summed E-state index contributed by atoms with van der Waals surface area (Å²) in [6, 6.07) is 21.0. The monoisotopic (exact) mass is 430 g/mol. The number of nitrogens with one attached hydrogen (secondary N) is 2. The molecule has 0 fully saturated rings. The van der Waals surface area contributed by atoms with Crippen LogP contribution in [0.25, 0.3) is 5.69 Å². The fourth-order valence-electron chi connectivity index (χ4n) is 3.45. The Kier molecular flexibility index (Phi) is 5.89. The fourth-order valence-corrected chi connectivity index (χ4v) is 3.45. The second kappa shape index (κ2) is 8.93. The molecule has 0 amide bonds. The van der Waals surface area contributed by atoms with Crippen LogP contribution >= 0.6 is 0 Å². The molecule has 1 heterocycles. The maximum atomic E-state index is 13.2. The molecular formula is C25H23FN4O2. The molecular weight excluding hydrogens is 407 g/mol. The van der Waals surface area contributed by atoms with Gasteiger partial charge in [-0.05, 0) is 86.6 Å². The summed E-state index contributed by atoms with van der Waals surface area (Å²) >= 11 is 0. The molecule has 0 saturated carbocycles. The maximum Gasteiger partial charge on any atom is 0.280 e. The Bertz CT molecular complexity index is 1300. The quantitative estimate of drug-likeness (QED) is 0.397. The van der Waals surface area contributed by atoms with Gasteiger partial charge in [0.2, 0.25) is 0 Å². The molecule has 0 aliphatic carbocycles. The van der Waals surface area contributed by atoms with Gasteiger partial charge in [-0.15, -0.1) is 0 Å². The number of H-pyrrole nitrogens is 1. The van der Waals surface area contributed by atoms with Crippen molar-refractivity contribution >= 4 is 22.8 Å². The van der Waals surface area contributed by atoms with Crippen LogP contribution in [0, 0.1) is 12.7 Å². The van der Waals surface area contributed by atoms with Crippen LogP contribution in [0.1, 0.15) is 18.2 Å². The Balaban J connectivity index is 1.55. The lowest BCUT2D eigenvalue weighted by Gasteiger charge is -2.08. The highest BCUT2D eigenvalue weighted by atomic mass is 19.1. The van der Waals surface area contributed by atoms with Gasteiger partial charge in [0.25, 0.3) is 5.56 Å². The van der Waals surface area contributed by atoms with Gasteiger partial charge in [-0.2, -0.15) is 0 Å². The second-order valence-electron chi connectivity index (χ2n) is 7.33. The zero-order chi connectivity index (χ0) is 22.7. The Hall–Kier alpha value is -4.13. The highest BCUT2D eigenvalue weighted by Crippen LogP contribution is 2.23. The summed E-state index contributed by atoms with van der Waals surface area (Å²) in [4.78, 5) is 17.6. The van der Waals surface area contributed by atoms with Gasteiger partial charge in [0.15, 0.2) is 0 Å². The minimum absolute atomic E-state index is 0.229. The van der Waals surface area contributed by atoms with Crippen LogP contribution in [0.15, 0.2) is 82.6 Å². The average Bonchev–Trinajstić information content (AvgIpc) is 3.10. The minimum Gasteiger partial charge on any atom is -0.497 e. The predicted octanol–water partition coefficient (Wildman–Crippen LogP) is 5.51. The Morgan fingerprint density at radius 2 is 1.56 bits per heavy atom. The van der Waals surface area contributed by atoms with Crippen molar-refractivity contribution < 1.29 is 9.13 Å². The van der Waals surface area contributed by atoms with Gasteiger partial charge >= 0.3 is 0 Å². The van der Waals surface area contributed by atoms with Crippen molar-refractivity contribution in [1.82, 2.24) is 9.78 Å². The summed E-state index contributed by atoms with van der Waals surface area (Å²) in [6.45, 7) is 3.62. The Morgan fingerprint density at radius 3 is 2.16 bits per heavy atom. The van der Waals surface area contributed by atoms with Crippen molar-refractivity contribution in [3.63, 3.8) is 0 Å². The van der Waals surface area contributed by atoms with Crippen molar-refractivity contribution in [2.24, 2.45) is 4.99 Å². The highest BCUT2D eigenvalue weighted by Gasteiger charge is 2.15. The van der Waals surface area contributed by atoms with E-state index in [1.807, 2.05) is 55.5 Å². The van der Waals surface area contributed by atoms with E-state index in [1.165, 1.54) is 16.8 Å². The van der Waals surface area contributed by atoms with Gasteiger partial charge in [-0.1, -0.05) is 0 Å². The SMILES string of the molecule is COc1ccc(Nc2ccc(N=C(C)c3c(C)[nH]n(-c4ccc(F)cc4)c3=O)cc2)cc1. The first-order valence-electron chi connectivity index (χ1n) is 10.1. The first-order valence-corrected chi connectivity index (χ1v) is 10.1. The van der Waals surface area contributed by atoms with Crippen molar-refractivity contribution in [2.45, 2.75) is 13.8 Å². The first kappa shape index (κ1) is 21.1. The second-order valence-corrected chi connectivity index (χ2v) is 7.33. The van der Waals surface area contributed by atoms with Gasteiger partial charge in [0.1, 0.15) is 11.6 Å². The topological polar surface area (TPSA) is 71.4 Å². The molecule has 4 aromatic rings. The van der Waals surface area contributed by atoms with Gasteiger partial charge in [-0.3, -0.25) is 14.9 Å². The van der Waals surface area contributed by atoms with Crippen LogP contribution < -0.4 is 15.6 Å². The fraction of sp³-hybridized carbons (Fsp3) is 0.120. The number of halogens is 1. The van der Waals surface area contributed by atoms with Crippen molar-refractivity contribution in [3.8, 4) is 11.4 Å². The molecule has 32 heavy (non-hydrogen) atoms. The normalized spacial score (nSPS) is 11.4. The molecule has 1 aromatic heterocycles. The lowest BCUT2D eigenvalue weighted by molar-refractivity contribution is 0.415. The predicted molar refractivity (Wildman–Crippen MR) is 126 cm³/mol. The van der Waals surface area contributed by atoms with Gasteiger partial charge in [-0.25, -0.2) is 9.07 Å². The Morgan fingerprint density at radius 1 is 0.969 bits per heavy atom. The standard InChI is InChI=1S/C25H23FN4O2/c1-16(24-17(2)29-30(25(24)31)22-12-4-18(26)5-13-22)27-19-6-8-20(9-7-19)28-21-10-14-23(32-3)15-11-21/h4-15,28-29H,1-3H3. The van der Waals surface area contributed by atoms with Crippen LogP contribution in [-0.2, 0) is 0 Å². The molecule has 0 bridgehead atoms. The molecule has 0 aliphatic heterocycles. The van der Waals surface area contributed by atoms with Crippen LogP contribution in [0.5, 0.6) is 5.75 Å². The van der Waals surface area contributed by atoms with Gasteiger partial charge in [0.05, 0.1) is 29.8 Å². The van der Waals surface area contributed by atoms with Crippen LogP contribution in [-0.4, -0.2) is 22.6 Å². The van der Waals surface area contributed by atoms with Crippen LogP contribution in [0.2, 0.25) is 0 Å². The molecule has 0 saturated heterocycles. The number of methoxy groups -OCH3 is 1. The largest absolute Gasteiger partial charge is 0.497 e. The molecule has 6 nitrogen and oxygen atoms in total. The smallest absolute Gasteiger partial charge is 0.280 e. The number of hydrogen-bond acceptors (Lipinski definition) is 4. The third-order valence-corrected chi connectivity index (χ3v) is 5.06. The number of aliphatic imine (C=N–C) groups is 1. The zero-order valence-corrected chi connectivity index (χ0v) is 18.0. The zero-order valence-electron chi connectivity index (χ0n) is 18.0. The first-order chi connectivity index (χ1) is 15.4. The summed E-state index contributed by atoms with van der Waals surface area (Å²) in [5.74, 6) is 0.447. The number of anilines is 2. The van der Waals surface area contributed by atoms with E-state index < -0.39 is 0 Å². The molecule has 4 rings (SSSR count). The number of nitrogens with zero attached hydrogens (tertiary/aromatic N) is 2. The molecule has 0 spiro atoms. The van der Waals surface area contributed by atoms with E-state index >= 15 is 0 Å². The number of aryl methyl sites for hydroxylation is 1. The average molecular weight is 430 g/mol. The van der Waals surface area contributed by atoms with Crippen LogP contribution in [0.3, 0.4) is 0 Å². The van der Waals surface area contributed by atoms with Crippen molar-refractivity contribution in [1.29, 1.82) is 0 Å². The molecule has 0 aliphatic rings. The third kappa shape index (κ3) is 4.46.